The van der Waals surface area contributed by atoms with E-state index in [1.165, 1.54) is 0 Å². The van der Waals surface area contributed by atoms with E-state index in [-0.39, 0.29) is 4.90 Å². The molecule has 0 heterocycles. The van der Waals surface area contributed by atoms with Gasteiger partial charge < -0.3 is 9.84 Å². The summed E-state index contributed by atoms with van der Waals surface area (Å²) in [6.07, 6.45) is 0.219. The molecule has 162 valence electrons. The molecule has 0 fully saturated rings. The van der Waals surface area contributed by atoms with Crippen LogP contribution in [0.15, 0.2) is 53.4 Å². The maximum atomic E-state index is 13.0. The molecule has 0 unspecified atom stereocenters. The zero-order valence-corrected chi connectivity index (χ0v) is 18.4. The van der Waals surface area contributed by atoms with Gasteiger partial charge in [-0.05, 0) is 43.5 Å². The molecular weight excluding hydrogens is 402 g/mol. The Morgan fingerprint density at radius 3 is 2.53 bits per heavy atom. The van der Waals surface area contributed by atoms with Crippen LogP contribution < -0.4 is 4.72 Å². The van der Waals surface area contributed by atoms with Crippen molar-refractivity contribution in [3.8, 4) is 0 Å². The van der Waals surface area contributed by atoms with Crippen LogP contribution in [-0.4, -0.2) is 31.7 Å². The molecule has 0 bridgehead atoms. The highest BCUT2D eigenvalue weighted by molar-refractivity contribution is 7.89. The summed E-state index contributed by atoms with van der Waals surface area (Å²) in [7, 11) is -3.81. The molecule has 1 aliphatic carbocycles. The molecule has 30 heavy (non-hydrogen) atoms. The average molecular weight is 432 g/mol. The number of fused-ring (bicyclic) bond motifs is 1. The summed E-state index contributed by atoms with van der Waals surface area (Å²) in [6.45, 7) is 5.46. The summed E-state index contributed by atoms with van der Waals surface area (Å²) < 4.78 is 34.4. The molecule has 3 rings (SSSR count). The second kappa shape index (κ2) is 9.29. The molecule has 0 spiro atoms. The second-order valence-electron chi connectivity index (χ2n) is 7.93. The van der Waals surface area contributed by atoms with Crippen molar-refractivity contribution in [1.82, 2.24) is 4.72 Å². The number of nitrogens with one attached hydrogen (secondary N) is 1. The lowest BCUT2D eigenvalue weighted by molar-refractivity contribution is -0.158. The van der Waals surface area contributed by atoms with E-state index in [1.807, 2.05) is 38.1 Å². The molecular formula is C23H29NO5S. The second-order valence-corrected chi connectivity index (χ2v) is 9.65. The molecule has 0 aromatic heterocycles. The Morgan fingerprint density at radius 2 is 1.87 bits per heavy atom. The summed E-state index contributed by atoms with van der Waals surface area (Å²) in [4.78, 5) is 12.8. The van der Waals surface area contributed by atoms with E-state index >= 15 is 0 Å². The van der Waals surface area contributed by atoms with Crippen LogP contribution in [0, 0.1) is 12.8 Å². The monoisotopic (exact) mass is 431 g/mol. The van der Waals surface area contributed by atoms with Gasteiger partial charge in [-0.15, -0.1) is 0 Å². The van der Waals surface area contributed by atoms with Gasteiger partial charge in [-0.25, -0.2) is 8.42 Å². The van der Waals surface area contributed by atoms with Gasteiger partial charge in [-0.1, -0.05) is 55.3 Å². The highest BCUT2D eigenvalue weighted by atomic mass is 32.2. The summed E-state index contributed by atoms with van der Waals surface area (Å²) in [6, 6.07) is 13.4. The molecule has 0 amide bonds. The van der Waals surface area contributed by atoms with E-state index in [0.717, 1.165) is 23.1 Å². The molecule has 0 saturated heterocycles. The van der Waals surface area contributed by atoms with Crippen molar-refractivity contribution in [3.63, 3.8) is 0 Å². The first-order valence-electron chi connectivity index (χ1n) is 10.3. The first-order chi connectivity index (χ1) is 14.2. The Hall–Kier alpha value is -2.22. The number of aryl methyl sites for hydroxylation is 1. The van der Waals surface area contributed by atoms with Crippen LogP contribution in [-0.2, 0) is 26.0 Å². The third kappa shape index (κ3) is 4.91. The first kappa shape index (κ1) is 22.5. The summed E-state index contributed by atoms with van der Waals surface area (Å²) >= 11 is 0. The molecule has 6 nitrogen and oxygen atoms in total. The van der Waals surface area contributed by atoms with Crippen molar-refractivity contribution < 1.29 is 23.1 Å². The molecule has 2 aromatic carbocycles. The van der Waals surface area contributed by atoms with Crippen LogP contribution in [0.4, 0.5) is 0 Å². The van der Waals surface area contributed by atoms with E-state index in [9.17, 15) is 18.3 Å². The number of carbonyl (C=O) groups is 1. The maximum Gasteiger partial charge on any atom is 0.311 e. The number of benzene rings is 2. The quantitative estimate of drug-likeness (QED) is 0.626. The Kier molecular flexibility index (Phi) is 6.95. The maximum absolute atomic E-state index is 13.0. The number of rotatable bonds is 8. The van der Waals surface area contributed by atoms with Crippen molar-refractivity contribution in [3.05, 3.63) is 65.2 Å². The van der Waals surface area contributed by atoms with Crippen molar-refractivity contribution in [1.29, 1.82) is 0 Å². The molecule has 2 aromatic rings. The fourth-order valence-electron chi connectivity index (χ4n) is 3.72. The molecule has 2 N–H and O–H groups in total. The Balaban J connectivity index is 1.83. The highest BCUT2D eigenvalue weighted by Gasteiger charge is 2.39. The lowest BCUT2D eigenvalue weighted by Crippen LogP contribution is -2.38. The number of carbonyl (C=O) groups excluding carboxylic acids is 1. The van der Waals surface area contributed by atoms with Crippen molar-refractivity contribution in [2.45, 2.75) is 63.2 Å². The van der Waals surface area contributed by atoms with E-state index < -0.39 is 40.2 Å². The SMILES string of the molecule is CCC[C@H](O)[C@H](C)C(=O)O[C@@H]1Cc2ccccc2[C@@H]1NS(=O)(=O)c1ccc(C)cc1. The zero-order valence-electron chi connectivity index (χ0n) is 17.5. The van der Waals surface area contributed by atoms with E-state index in [4.69, 9.17) is 4.74 Å². The van der Waals surface area contributed by atoms with Gasteiger partial charge in [0.1, 0.15) is 6.10 Å². The fraction of sp³-hybridized carbons (Fsp3) is 0.435. The van der Waals surface area contributed by atoms with E-state index in [2.05, 4.69) is 4.72 Å². The molecule has 7 heteroatoms. The largest absolute Gasteiger partial charge is 0.460 e. The van der Waals surface area contributed by atoms with Gasteiger partial charge in [0.15, 0.2) is 0 Å². The number of sulfonamides is 1. The van der Waals surface area contributed by atoms with Crippen LogP contribution in [0.3, 0.4) is 0 Å². The minimum absolute atomic E-state index is 0.161. The van der Waals surface area contributed by atoms with E-state index in [1.54, 1.807) is 31.2 Å². The molecule has 0 radical (unpaired) electrons. The van der Waals surface area contributed by atoms with Gasteiger partial charge in [-0.2, -0.15) is 4.72 Å². The van der Waals surface area contributed by atoms with Crippen LogP contribution in [0.5, 0.6) is 0 Å². The lowest BCUT2D eigenvalue weighted by Gasteiger charge is -2.25. The normalized spacial score (nSPS) is 20.4. The number of aliphatic hydroxyl groups is 1. The first-order valence-corrected chi connectivity index (χ1v) is 11.8. The van der Waals surface area contributed by atoms with Gasteiger partial charge in [0, 0.05) is 6.42 Å². The molecule has 4 atom stereocenters. The van der Waals surface area contributed by atoms with Crippen molar-refractivity contribution >= 4 is 16.0 Å². The van der Waals surface area contributed by atoms with Crippen LogP contribution in [0.25, 0.3) is 0 Å². The average Bonchev–Trinajstić information content (AvgIpc) is 3.04. The summed E-state index contributed by atoms with van der Waals surface area (Å²) in [5.74, 6) is -1.20. The van der Waals surface area contributed by atoms with Crippen LogP contribution >= 0.6 is 0 Å². The van der Waals surface area contributed by atoms with Crippen LogP contribution in [0.1, 0.15) is 49.4 Å². The number of hydrogen-bond acceptors (Lipinski definition) is 5. The predicted molar refractivity (Wildman–Crippen MR) is 114 cm³/mol. The van der Waals surface area contributed by atoms with Gasteiger partial charge in [0.25, 0.3) is 0 Å². The molecule has 0 saturated carbocycles. The molecule has 0 aliphatic heterocycles. The van der Waals surface area contributed by atoms with E-state index in [0.29, 0.717) is 12.8 Å². The third-order valence-electron chi connectivity index (χ3n) is 5.60. The summed E-state index contributed by atoms with van der Waals surface area (Å²) in [5, 5.41) is 10.1. The summed E-state index contributed by atoms with van der Waals surface area (Å²) in [5.41, 5.74) is 2.70. The molecule has 1 aliphatic rings. The van der Waals surface area contributed by atoms with Gasteiger partial charge >= 0.3 is 5.97 Å². The predicted octanol–water partition coefficient (Wildman–Crippen LogP) is 3.28. The van der Waals surface area contributed by atoms with Crippen molar-refractivity contribution in [2.75, 3.05) is 0 Å². The highest BCUT2D eigenvalue weighted by Crippen LogP contribution is 2.35. The zero-order chi connectivity index (χ0) is 21.9. The Morgan fingerprint density at radius 1 is 1.20 bits per heavy atom. The minimum atomic E-state index is -3.81. The third-order valence-corrected chi connectivity index (χ3v) is 7.05. The smallest absolute Gasteiger partial charge is 0.311 e. The number of esters is 1. The Bertz CT molecular complexity index is 987. The topological polar surface area (TPSA) is 92.7 Å². The minimum Gasteiger partial charge on any atom is -0.460 e. The van der Waals surface area contributed by atoms with Gasteiger partial charge in [0.05, 0.1) is 23.0 Å². The number of aliphatic hydroxyl groups excluding tert-OH is 1. The standard InChI is InChI=1S/C23H29NO5S/c1-4-7-20(25)16(3)23(26)29-21-14-17-8-5-6-9-19(17)22(21)24-30(27,28)18-12-10-15(2)11-13-18/h5-6,8-13,16,20-22,24-25H,4,7,14H2,1-3H3/t16-,20-,21+,22-/m0/s1. The Labute approximate surface area is 178 Å². The number of ether oxygens (including phenoxy) is 1. The fourth-order valence-corrected chi connectivity index (χ4v) is 4.96. The van der Waals surface area contributed by atoms with Crippen molar-refractivity contribution in [2.24, 2.45) is 5.92 Å². The van der Waals surface area contributed by atoms with Gasteiger partial charge in [-0.3, -0.25) is 4.79 Å². The number of hydrogen-bond donors (Lipinski definition) is 2. The lowest BCUT2D eigenvalue weighted by atomic mass is 10.0. The van der Waals surface area contributed by atoms with Crippen LogP contribution in [0.2, 0.25) is 0 Å². The van der Waals surface area contributed by atoms with Gasteiger partial charge in [0.2, 0.25) is 10.0 Å².